The number of carbonyl (C=O) groups excluding carboxylic acids is 1. The molecule has 0 bridgehead atoms. The fraction of sp³-hybridized carbons (Fsp3) is 0.269. The first kappa shape index (κ1) is 23.9. The zero-order valence-corrected chi connectivity index (χ0v) is 19.9. The average Bonchev–Trinajstić information content (AvgIpc) is 2.87. The van der Waals surface area contributed by atoms with Gasteiger partial charge in [-0.15, -0.1) is 0 Å². The summed E-state index contributed by atoms with van der Waals surface area (Å²) in [5.74, 6) is 0.432. The van der Waals surface area contributed by atoms with E-state index < -0.39 is 16.1 Å². The van der Waals surface area contributed by atoms with Gasteiger partial charge in [0.1, 0.15) is 11.8 Å². The molecule has 0 spiro atoms. The molecule has 1 fully saturated rings. The molecule has 1 atom stereocenters. The lowest BCUT2D eigenvalue weighted by molar-refractivity contribution is -0.122. The summed E-state index contributed by atoms with van der Waals surface area (Å²) in [5.41, 5.74) is 1.47. The SMILES string of the molecule is CCOc1ccccc1NC(=O)C(c1ccccc1)N1CCN(S(=O)(=O)c2ccccc2)CC1. The van der Waals surface area contributed by atoms with Crippen molar-refractivity contribution in [2.24, 2.45) is 0 Å². The Hall–Kier alpha value is -3.20. The van der Waals surface area contributed by atoms with Crippen LogP contribution in [0.3, 0.4) is 0 Å². The summed E-state index contributed by atoms with van der Waals surface area (Å²) in [5, 5.41) is 3.02. The minimum atomic E-state index is -3.57. The molecule has 8 heteroatoms. The van der Waals surface area contributed by atoms with E-state index in [0.29, 0.717) is 44.2 Å². The van der Waals surface area contributed by atoms with E-state index in [1.54, 1.807) is 30.3 Å². The molecule has 0 aliphatic carbocycles. The molecule has 1 amide bonds. The highest BCUT2D eigenvalue weighted by atomic mass is 32.2. The number of nitrogens with one attached hydrogen (secondary N) is 1. The highest BCUT2D eigenvalue weighted by molar-refractivity contribution is 7.89. The van der Waals surface area contributed by atoms with E-state index in [4.69, 9.17) is 4.74 Å². The average molecular weight is 480 g/mol. The number of para-hydroxylation sites is 2. The standard InChI is InChI=1S/C26H29N3O4S/c1-2-33-24-16-10-9-15-23(24)27-26(30)25(21-11-5-3-6-12-21)28-17-19-29(20-18-28)34(31,32)22-13-7-4-8-14-22/h3-16,25H,2,17-20H2,1H3,(H,27,30). The van der Waals surface area contributed by atoms with Gasteiger partial charge in [-0.05, 0) is 36.8 Å². The van der Waals surface area contributed by atoms with Gasteiger partial charge >= 0.3 is 0 Å². The van der Waals surface area contributed by atoms with E-state index in [1.807, 2.05) is 66.4 Å². The molecule has 1 unspecified atom stereocenters. The molecule has 178 valence electrons. The number of nitrogens with zero attached hydrogens (tertiary/aromatic N) is 2. The molecule has 34 heavy (non-hydrogen) atoms. The number of benzene rings is 3. The quantitative estimate of drug-likeness (QED) is 0.532. The number of amides is 1. The van der Waals surface area contributed by atoms with Crippen molar-refractivity contribution in [3.63, 3.8) is 0 Å². The van der Waals surface area contributed by atoms with Gasteiger partial charge in [0.05, 0.1) is 17.2 Å². The van der Waals surface area contributed by atoms with Crippen LogP contribution in [0, 0.1) is 0 Å². The summed E-state index contributed by atoms with van der Waals surface area (Å²) in [4.78, 5) is 15.8. The number of hydrogen-bond donors (Lipinski definition) is 1. The zero-order valence-electron chi connectivity index (χ0n) is 19.1. The molecule has 1 heterocycles. The van der Waals surface area contributed by atoms with Crippen molar-refractivity contribution in [1.29, 1.82) is 0 Å². The van der Waals surface area contributed by atoms with Gasteiger partial charge in [0, 0.05) is 26.2 Å². The molecule has 1 saturated heterocycles. The third-order valence-electron chi connectivity index (χ3n) is 5.83. The van der Waals surface area contributed by atoms with Gasteiger partial charge in [-0.3, -0.25) is 9.69 Å². The lowest BCUT2D eigenvalue weighted by atomic mass is 10.0. The van der Waals surface area contributed by atoms with Gasteiger partial charge in [-0.2, -0.15) is 4.31 Å². The first-order chi connectivity index (χ1) is 16.5. The Balaban J connectivity index is 1.53. The Bertz CT molecular complexity index is 1190. The van der Waals surface area contributed by atoms with Crippen molar-refractivity contribution in [2.75, 3.05) is 38.1 Å². The Morgan fingerprint density at radius 1 is 0.882 bits per heavy atom. The van der Waals surface area contributed by atoms with Crippen molar-refractivity contribution >= 4 is 21.6 Å². The van der Waals surface area contributed by atoms with Crippen molar-refractivity contribution in [3.05, 3.63) is 90.5 Å². The van der Waals surface area contributed by atoms with Gasteiger partial charge in [0.25, 0.3) is 0 Å². The van der Waals surface area contributed by atoms with Crippen LogP contribution in [0.4, 0.5) is 5.69 Å². The van der Waals surface area contributed by atoms with Crippen LogP contribution >= 0.6 is 0 Å². The van der Waals surface area contributed by atoms with Crippen LogP contribution in [0.5, 0.6) is 5.75 Å². The maximum Gasteiger partial charge on any atom is 0.246 e. The smallest absolute Gasteiger partial charge is 0.246 e. The minimum absolute atomic E-state index is 0.183. The van der Waals surface area contributed by atoms with E-state index in [1.165, 1.54) is 4.31 Å². The molecule has 0 radical (unpaired) electrons. The lowest BCUT2D eigenvalue weighted by Crippen LogP contribution is -2.51. The van der Waals surface area contributed by atoms with Crippen LogP contribution in [0.15, 0.2) is 89.8 Å². The Labute approximate surface area is 201 Å². The summed E-state index contributed by atoms with van der Waals surface area (Å²) in [6, 6.07) is 24.8. The largest absolute Gasteiger partial charge is 0.492 e. The highest BCUT2D eigenvalue weighted by Gasteiger charge is 2.34. The van der Waals surface area contributed by atoms with Gasteiger partial charge in [0.15, 0.2) is 0 Å². The number of piperazine rings is 1. The maximum atomic E-state index is 13.5. The van der Waals surface area contributed by atoms with Crippen LogP contribution in [-0.4, -0.2) is 56.3 Å². The fourth-order valence-corrected chi connectivity index (χ4v) is 5.60. The Kier molecular flexibility index (Phi) is 7.62. The first-order valence-corrected chi connectivity index (χ1v) is 12.8. The number of hydrogen-bond acceptors (Lipinski definition) is 5. The summed E-state index contributed by atoms with van der Waals surface area (Å²) < 4.78 is 33.2. The summed E-state index contributed by atoms with van der Waals surface area (Å²) >= 11 is 0. The molecule has 7 nitrogen and oxygen atoms in total. The van der Waals surface area contributed by atoms with E-state index in [-0.39, 0.29) is 10.8 Å². The normalized spacial score (nSPS) is 16.0. The predicted molar refractivity (Wildman–Crippen MR) is 132 cm³/mol. The van der Waals surface area contributed by atoms with Gasteiger partial charge in [-0.25, -0.2) is 8.42 Å². The molecular formula is C26H29N3O4S. The molecule has 0 aromatic heterocycles. The van der Waals surface area contributed by atoms with Crippen molar-refractivity contribution in [1.82, 2.24) is 9.21 Å². The number of ether oxygens (including phenoxy) is 1. The Morgan fingerprint density at radius 3 is 2.12 bits per heavy atom. The van der Waals surface area contributed by atoms with Crippen LogP contribution in [0.2, 0.25) is 0 Å². The summed E-state index contributed by atoms with van der Waals surface area (Å²) in [7, 11) is -3.57. The van der Waals surface area contributed by atoms with Crippen molar-refractivity contribution < 1.29 is 17.9 Å². The fourth-order valence-electron chi connectivity index (χ4n) is 4.16. The van der Waals surface area contributed by atoms with Crippen molar-refractivity contribution in [3.8, 4) is 5.75 Å². The van der Waals surface area contributed by atoms with Gasteiger partial charge in [0.2, 0.25) is 15.9 Å². The number of carbonyl (C=O) groups is 1. The highest BCUT2D eigenvalue weighted by Crippen LogP contribution is 2.29. The molecule has 1 aliphatic rings. The predicted octanol–water partition coefficient (Wildman–Crippen LogP) is 3.77. The number of rotatable bonds is 8. The van der Waals surface area contributed by atoms with E-state index in [9.17, 15) is 13.2 Å². The number of sulfonamides is 1. The second kappa shape index (κ2) is 10.8. The molecular weight excluding hydrogens is 450 g/mol. The molecule has 1 N–H and O–H groups in total. The van der Waals surface area contributed by atoms with Gasteiger partial charge in [-0.1, -0.05) is 60.7 Å². The molecule has 3 aromatic rings. The summed E-state index contributed by atoms with van der Waals surface area (Å²) in [6.07, 6.45) is 0. The first-order valence-electron chi connectivity index (χ1n) is 11.4. The van der Waals surface area contributed by atoms with Crippen LogP contribution in [-0.2, 0) is 14.8 Å². The molecule has 3 aromatic carbocycles. The zero-order chi connectivity index (χ0) is 24.0. The van der Waals surface area contributed by atoms with Crippen molar-refractivity contribution in [2.45, 2.75) is 17.9 Å². The monoisotopic (exact) mass is 479 g/mol. The maximum absolute atomic E-state index is 13.5. The van der Waals surface area contributed by atoms with E-state index in [0.717, 1.165) is 5.56 Å². The second-order valence-corrected chi connectivity index (χ2v) is 9.92. The summed E-state index contributed by atoms with van der Waals surface area (Å²) in [6.45, 7) is 3.88. The topological polar surface area (TPSA) is 79.0 Å². The third-order valence-corrected chi connectivity index (χ3v) is 7.74. The third kappa shape index (κ3) is 5.30. The van der Waals surface area contributed by atoms with Crippen LogP contribution < -0.4 is 10.1 Å². The molecule has 1 aliphatic heterocycles. The lowest BCUT2D eigenvalue weighted by Gasteiger charge is -2.38. The van der Waals surface area contributed by atoms with Crippen LogP contribution in [0.25, 0.3) is 0 Å². The molecule has 4 rings (SSSR count). The van der Waals surface area contributed by atoms with Gasteiger partial charge < -0.3 is 10.1 Å². The van der Waals surface area contributed by atoms with E-state index in [2.05, 4.69) is 5.32 Å². The minimum Gasteiger partial charge on any atom is -0.492 e. The second-order valence-electron chi connectivity index (χ2n) is 7.98. The van der Waals surface area contributed by atoms with E-state index >= 15 is 0 Å². The van der Waals surface area contributed by atoms with Crippen LogP contribution in [0.1, 0.15) is 18.5 Å². The Morgan fingerprint density at radius 2 is 1.47 bits per heavy atom. The number of anilines is 1. The molecule has 0 saturated carbocycles.